The van der Waals surface area contributed by atoms with Crippen molar-refractivity contribution >= 4 is 23.1 Å². The molecule has 2 unspecified atom stereocenters. The number of halogens is 1. The maximum Gasteiger partial charge on any atom is 0.222 e. The zero-order valence-electron chi connectivity index (χ0n) is 13.3. The van der Waals surface area contributed by atoms with Crippen LogP contribution in [-0.2, 0) is 4.79 Å². The van der Waals surface area contributed by atoms with Crippen molar-refractivity contribution in [1.29, 1.82) is 0 Å². The lowest BCUT2D eigenvalue weighted by Crippen LogP contribution is -2.69. The summed E-state index contributed by atoms with van der Waals surface area (Å²) in [5.41, 5.74) is 2.50. The third kappa shape index (κ3) is 3.06. The highest BCUT2D eigenvalue weighted by atomic mass is 35.5. The second kappa shape index (κ2) is 6.43. The Bertz CT molecular complexity index is 569. The van der Waals surface area contributed by atoms with Crippen molar-refractivity contribution in [2.24, 2.45) is 0 Å². The van der Waals surface area contributed by atoms with E-state index in [2.05, 4.69) is 30.0 Å². The molecule has 3 aliphatic rings. The van der Waals surface area contributed by atoms with E-state index in [0.29, 0.717) is 24.4 Å². The Morgan fingerprint density at radius 1 is 1.27 bits per heavy atom. The predicted octanol–water partition coefficient (Wildman–Crippen LogP) is 3.44. The summed E-state index contributed by atoms with van der Waals surface area (Å²) in [6, 6.07) is 9.08. The molecule has 0 radical (unpaired) electrons. The third-order valence-electron chi connectivity index (χ3n) is 4.91. The van der Waals surface area contributed by atoms with Gasteiger partial charge < -0.3 is 4.90 Å². The van der Waals surface area contributed by atoms with E-state index in [1.165, 1.54) is 17.6 Å². The first-order valence-electron chi connectivity index (χ1n) is 8.04. The van der Waals surface area contributed by atoms with Crippen molar-refractivity contribution in [1.82, 2.24) is 9.80 Å². The molecular formula is C18H23ClN2O. The third-order valence-corrected chi connectivity index (χ3v) is 5.16. The van der Waals surface area contributed by atoms with E-state index in [-0.39, 0.29) is 0 Å². The van der Waals surface area contributed by atoms with Crippen molar-refractivity contribution in [3.05, 3.63) is 40.9 Å². The highest BCUT2D eigenvalue weighted by molar-refractivity contribution is 6.30. The first-order chi connectivity index (χ1) is 10.6. The number of piperidine rings is 1. The molecule has 3 heterocycles. The summed E-state index contributed by atoms with van der Waals surface area (Å²) in [5.74, 6) is 0.294. The topological polar surface area (TPSA) is 23.6 Å². The quantitative estimate of drug-likeness (QED) is 0.849. The number of benzene rings is 1. The second-order valence-electron chi connectivity index (χ2n) is 6.29. The molecule has 1 amide bonds. The van der Waals surface area contributed by atoms with Crippen molar-refractivity contribution < 1.29 is 4.79 Å². The van der Waals surface area contributed by atoms with Gasteiger partial charge in [-0.25, -0.2) is 0 Å². The van der Waals surface area contributed by atoms with E-state index in [0.717, 1.165) is 24.7 Å². The maximum atomic E-state index is 11.8. The molecule has 0 aromatic heterocycles. The van der Waals surface area contributed by atoms with Crippen molar-refractivity contribution in [2.45, 2.75) is 38.8 Å². The minimum absolute atomic E-state index is 0.294. The van der Waals surface area contributed by atoms with Gasteiger partial charge >= 0.3 is 0 Å². The Labute approximate surface area is 137 Å². The van der Waals surface area contributed by atoms with Gasteiger partial charge in [0.1, 0.15) is 0 Å². The summed E-state index contributed by atoms with van der Waals surface area (Å²) in [6.45, 7) is 6.86. The predicted molar refractivity (Wildman–Crippen MR) is 90.9 cm³/mol. The van der Waals surface area contributed by atoms with Crippen LogP contribution in [0.15, 0.2) is 30.3 Å². The van der Waals surface area contributed by atoms with Crippen LogP contribution in [0.25, 0.3) is 5.57 Å². The Kier molecular flexibility index (Phi) is 4.55. The summed E-state index contributed by atoms with van der Waals surface area (Å²) in [5, 5.41) is 0.773. The number of carbonyl (C=O) groups excluding carboxylic acids is 1. The van der Waals surface area contributed by atoms with E-state index in [4.69, 9.17) is 11.6 Å². The van der Waals surface area contributed by atoms with Gasteiger partial charge in [0, 0.05) is 43.2 Å². The largest absolute Gasteiger partial charge is 0.340 e. The number of rotatable bonds is 4. The Morgan fingerprint density at radius 2 is 1.91 bits per heavy atom. The van der Waals surface area contributed by atoms with Gasteiger partial charge in [0.2, 0.25) is 5.91 Å². The average Bonchev–Trinajstić information content (AvgIpc) is 2.54. The highest BCUT2D eigenvalue weighted by Gasteiger charge is 2.44. The number of hydrogen-bond donors (Lipinski definition) is 0. The molecule has 3 fully saturated rings. The molecule has 0 spiro atoms. The SMILES string of the molecule is CCC(=O)N1CC2CC(C1)N2C/C=C(\C)c1ccc(Cl)cc1. The fraction of sp³-hybridized carbons (Fsp3) is 0.500. The van der Waals surface area contributed by atoms with Crippen LogP contribution in [0.5, 0.6) is 0 Å². The highest BCUT2D eigenvalue weighted by Crippen LogP contribution is 2.32. The van der Waals surface area contributed by atoms with Crippen LogP contribution in [0.4, 0.5) is 0 Å². The first kappa shape index (κ1) is 15.6. The molecule has 1 aromatic rings. The number of nitrogens with zero attached hydrogens (tertiary/aromatic N) is 2. The minimum atomic E-state index is 0.294. The van der Waals surface area contributed by atoms with Gasteiger partial charge in [-0.2, -0.15) is 0 Å². The molecule has 0 aliphatic carbocycles. The average molecular weight is 319 g/mol. The van der Waals surface area contributed by atoms with E-state index in [1.807, 2.05) is 24.0 Å². The summed E-state index contributed by atoms with van der Waals surface area (Å²) in [7, 11) is 0. The van der Waals surface area contributed by atoms with E-state index in [1.54, 1.807) is 0 Å². The monoisotopic (exact) mass is 318 g/mol. The molecule has 4 heteroatoms. The normalized spacial score (nSPS) is 25.0. The van der Waals surface area contributed by atoms with Crippen LogP contribution in [0, 0.1) is 0 Å². The zero-order chi connectivity index (χ0) is 15.7. The van der Waals surface area contributed by atoms with Gasteiger partial charge in [0.25, 0.3) is 0 Å². The van der Waals surface area contributed by atoms with Crippen LogP contribution in [0.2, 0.25) is 5.02 Å². The fourth-order valence-corrected chi connectivity index (χ4v) is 3.61. The van der Waals surface area contributed by atoms with Crippen LogP contribution >= 0.6 is 11.6 Å². The van der Waals surface area contributed by atoms with Crippen molar-refractivity contribution in [2.75, 3.05) is 19.6 Å². The summed E-state index contributed by atoms with van der Waals surface area (Å²) >= 11 is 5.93. The smallest absolute Gasteiger partial charge is 0.222 e. The maximum absolute atomic E-state index is 11.8. The van der Waals surface area contributed by atoms with E-state index in [9.17, 15) is 4.79 Å². The number of hydrogen-bond acceptors (Lipinski definition) is 2. The number of allylic oxidation sites excluding steroid dienone is 1. The summed E-state index contributed by atoms with van der Waals surface area (Å²) in [6.07, 6.45) is 4.15. The molecule has 3 saturated heterocycles. The van der Waals surface area contributed by atoms with Gasteiger partial charge in [0.15, 0.2) is 0 Å². The van der Waals surface area contributed by atoms with Gasteiger partial charge in [-0.05, 0) is 36.6 Å². The van der Waals surface area contributed by atoms with E-state index < -0.39 is 0 Å². The molecule has 1 aromatic carbocycles. The lowest BCUT2D eigenvalue weighted by molar-refractivity contribution is -0.142. The first-order valence-corrected chi connectivity index (χ1v) is 8.42. The van der Waals surface area contributed by atoms with Gasteiger partial charge in [-0.1, -0.05) is 36.7 Å². The molecule has 3 nitrogen and oxygen atoms in total. The molecule has 0 N–H and O–H groups in total. The number of carbonyl (C=O) groups is 1. The van der Waals surface area contributed by atoms with Crippen LogP contribution in [0.1, 0.15) is 32.3 Å². The minimum Gasteiger partial charge on any atom is -0.340 e. The van der Waals surface area contributed by atoms with Crippen LogP contribution < -0.4 is 0 Å². The van der Waals surface area contributed by atoms with Crippen molar-refractivity contribution in [3.8, 4) is 0 Å². The molecular weight excluding hydrogens is 296 g/mol. The summed E-state index contributed by atoms with van der Waals surface area (Å²) < 4.78 is 0. The number of fused-ring (bicyclic) bond motifs is 2. The zero-order valence-corrected chi connectivity index (χ0v) is 14.0. The second-order valence-corrected chi connectivity index (χ2v) is 6.72. The lowest BCUT2D eigenvalue weighted by atomic mass is 9.87. The molecule has 118 valence electrons. The molecule has 0 saturated carbocycles. The lowest BCUT2D eigenvalue weighted by Gasteiger charge is -2.56. The van der Waals surface area contributed by atoms with Gasteiger partial charge in [-0.3, -0.25) is 9.69 Å². The fourth-order valence-electron chi connectivity index (χ4n) is 3.49. The standard InChI is InChI=1S/C18H23ClN2O/c1-3-18(22)20-11-16-10-17(12-20)21(16)9-8-13(2)14-4-6-15(19)7-5-14/h4-8,16-17H,3,9-12H2,1-2H3/b13-8+. The molecule has 3 aliphatic heterocycles. The Balaban J connectivity index is 1.58. The molecule has 2 bridgehead atoms. The number of piperazine rings is 1. The van der Waals surface area contributed by atoms with Gasteiger partial charge in [0.05, 0.1) is 0 Å². The Hall–Kier alpha value is -1.32. The summed E-state index contributed by atoms with van der Waals surface area (Å²) in [4.78, 5) is 16.4. The number of amides is 1. The molecule has 2 atom stereocenters. The van der Waals surface area contributed by atoms with Crippen LogP contribution in [0.3, 0.4) is 0 Å². The van der Waals surface area contributed by atoms with Crippen molar-refractivity contribution in [3.63, 3.8) is 0 Å². The molecule has 4 rings (SSSR count). The van der Waals surface area contributed by atoms with E-state index >= 15 is 0 Å². The molecule has 22 heavy (non-hydrogen) atoms. The van der Waals surface area contributed by atoms with Crippen LogP contribution in [-0.4, -0.2) is 47.4 Å². The van der Waals surface area contributed by atoms with Gasteiger partial charge in [-0.15, -0.1) is 0 Å². The Morgan fingerprint density at radius 3 is 2.50 bits per heavy atom.